The van der Waals surface area contributed by atoms with Crippen molar-refractivity contribution in [1.82, 2.24) is 5.32 Å². The molecule has 1 aliphatic rings. The highest BCUT2D eigenvalue weighted by molar-refractivity contribution is 6.11. The van der Waals surface area contributed by atoms with Crippen LogP contribution >= 0.6 is 0 Å². The maximum atomic E-state index is 13.1. The summed E-state index contributed by atoms with van der Waals surface area (Å²) < 4.78 is 0. The number of hydrogen-bond acceptors (Lipinski definition) is 2. The minimum absolute atomic E-state index is 0.148. The van der Waals surface area contributed by atoms with E-state index in [9.17, 15) is 9.59 Å². The van der Waals surface area contributed by atoms with Crippen LogP contribution in [0.25, 0.3) is 0 Å². The fourth-order valence-corrected chi connectivity index (χ4v) is 3.18. The molecule has 0 aromatic heterocycles. The molecule has 0 spiro atoms. The van der Waals surface area contributed by atoms with E-state index >= 15 is 0 Å². The molecule has 0 bridgehead atoms. The van der Waals surface area contributed by atoms with Gasteiger partial charge in [-0.2, -0.15) is 0 Å². The lowest BCUT2D eigenvalue weighted by Crippen LogP contribution is -2.50. The van der Waals surface area contributed by atoms with Gasteiger partial charge in [0, 0.05) is 18.8 Å². The Morgan fingerprint density at radius 1 is 1.04 bits per heavy atom. The highest BCUT2D eigenvalue weighted by Gasteiger charge is 2.40. The highest BCUT2D eigenvalue weighted by Crippen LogP contribution is 2.31. The first-order valence-corrected chi connectivity index (χ1v) is 8.72. The van der Waals surface area contributed by atoms with E-state index in [2.05, 4.69) is 11.4 Å². The number of carbonyl (C=O) groups is 2. The molecule has 1 heterocycles. The highest BCUT2D eigenvalue weighted by atomic mass is 16.2. The van der Waals surface area contributed by atoms with Crippen LogP contribution in [0.15, 0.2) is 54.6 Å². The van der Waals surface area contributed by atoms with Gasteiger partial charge in [0.05, 0.1) is 0 Å². The molecule has 0 saturated heterocycles. The summed E-state index contributed by atoms with van der Waals surface area (Å²) in [5.41, 5.74) is 2.01. The van der Waals surface area contributed by atoms with Crippen molar-refractivity contribution in [3.05, 3.63) is 65.7 Å². The van der Waals surface area contributed by atoms with Crippen LogP contribution in [0, 0.1) is 5.41 Å². The van der Waals surface area contributed by atoms with Crippen molar-refractivity contribution in [2.24, 2.45) is 5.41 Å². The van der Waals surface area contributed by atoms with E-state index < -0.39 is 5.41 Å². The zero-order chi connectivity index (χ0) is 17.9. The van der Waals surface area contributed by atoms with Crippen LogP contribution in [0.5, 0.6) is 0 Å². The van der Waals surface area contributed by atoms with Crippen molar-refractivity contribution < 1.29 is 9.59 Å². The number of rotatable bonds is 4. The largest absolute Gasteiger partial charge is 0.351 e. The summed E-state index contributed by atoms with van der Waals surface area (Å²) in [6.07, 6.45) is 1.89. The van der Waals surface area contributed by atoms with E-state index in [1.54, 1.807) is 18.7 Å². The van der Waals surface area contributed by atoms with Crippen molar-refractivity contribution >= 4 is 17.5 Å². The third kappa shape index (κ3) is 3.58. The van der Waals surface area contributed by atoms with Gasteiger partial charge in [-0.25, -0.2) is 0 Å². The molecule has 1 aliphatic heterocycles. The first-order valence-electron chi connectivity index (χ1n) is 8.72. The number of para-hydroxylation sites is 1. The Bertz CT molecular complexity index is 768. The molecule has 0 radical (unpaired) electrons. The zero-order valence-corrected chi connectivity index (χ0v) is 14.8. The number of fused-ring (bicyclic) bond motifs is 1. The molecular formula is C21H24N2O2. The van der Waals surface area contributed by atoms with E-state index in [0.717, 1.165) is 24.1 Å². The van der Waals surface area contributed by atoms with Crippen molar-refractivity contribution in [2.75, 3.05) is 11.4 Å². The Kier molecular flexibility index (Phi) is 4.88. The molecule has 4 nitrogen and oxygen atoms in total. The van der Waals surface area contributed by atoms with Crippen LogP contribution in [0.1, 0.15) is 31.4 Å². The van der Waals surface area contributed by atoms with Crippen LogP contribution < -0.4 is 10.2 Å². The molecule has 3 rings (SSSR count). The van der Waals surface area contributed by atoms with E-state index in [-0.39, 0.29) is 11.8 Å². The SMILES string of the molecule is CC(C)(C(=O)NCc1ccccc1)C(=O)N1CCCc2ccccc21. The Morgan fingerprint density at radius 2 is 1.72 bits per heavy atom. The van der Waals surface area contributed by atoms with Gasteiger partial charge in [0.2, 0.25) is 11.8 Å². The van der Waals surface area contributed by atoms with Crippen molar-refractivity contribution in [3.63, 3.8) is 0 Å². The number of nitrogens with one attached hydrogen (secondary N) is 1. The van der Waals surface area contributed by atoms with Gasteiger partial charge in [-0.15, -0.1) is 0 Å². The van der Waals surface area contributed by atoms with E-state index in [4.69, 9.17) is 0 Å². The van der Waals surface area contributed by atoms with Crippen LogP contribution in [-0.4, -0.2) is 18.4 Å². The lowest BCUT2D eigenvalue weighted by molar-refractivity contribution is -0.140. The topological polar surface area (TPSA) is 49.4 Å². The molecule has 1 N–H and O–H groups in total. The number of nitrogens with zero attached hydrogens (tertiary/aromatic N) is 1. The number of benzene rings is 2. The Hall–Kier alpha value is -2.62. The third-order valence-electron chi connectivity index (χ3n) is 4.75. The van der Waals surface area contributed by atoms with E-state index in [1.165, 1.54) is 5.56 Å². The molecule has 0 atom stereocenters. The van der Waals surface area contributed by atoms with Crippen LogP contribution in [-0.2, 0) is 22.6 Å². The standard InChI is InChI=1S/C21H24N2O2/c1-21(2,19(24)22-15-16-9-4-3-5-10-16)20(25)23-14-8-12-17-11-6-7-13-18(17)23/h3-7,9-11,13H,8,12,14-15H2,1-2H3,(H,22,24). The van der Waals surface area contributed by atoms with Gasteiger partial charge in [0.1, 0.15) is 5.41 Å². The maximum Gasteiger partial charge on any atom is 0.242 e. The second-order valence-electron chi connectivity index (χ2n) is 6.98. The van der Waals surface area contributed by atoms with Crippen LogP contribution in [0.3, 0.4) is 0 Å². The summed E-state index contributed by atoms with van der Waals surface area (Å²) in [5.74, 6) is -0.394. The Balaban J connectivity index is 1.73. The van der Waals surface area contributed by atoms with Crippen LogP contribution in [0.2, 0.25) is 0 Å². The summed E-state index contributed by atoms with van der Waals surface area (Å²) in [6, 6.07) is 17.7. The second-order valence-corrected chi connectivity index (χ2v) is 6.98. The molecule has 0 fully saturated rings. The predicted octanol–water partition coefficient (Wildman–Crippen LogP) is 3.31. The van der Waals surface area contributed by atoms with Gasteiger partial charge in [-0.05, 0) is 43.9 Å². The molecular weight excluding hydrogens is 312 g/mol. The number of carbonyl (C=O) groups excluding carboxylic acids is 2. The lowest BCUT2D eigenvalue weighted by Gasteiger charge is -2.35. The third-order valence-corrected chi connectivity index (χ3v) is 4.75. The first kappa shape index (κ1) is 17.2. The first-order chi connectivity index (χ1) is 12.0. The minimum atomic E-state index is -1.11. The molecule has 2 aromatic rings. The van der Waals surface area contributed by atoms with Crippen molar-refractivity contribution in [2.45, 2.75) is 33.2 Å². The second kappa shape index (κ2) is 7.09. The molecule has 25 heavy (non-hydrogen) atoms. The average Bonchev–Trinajstić information content (AvgIpc) is 2.65. The monoisotopic (exact) mass is 336 g/mol. The van der Waals surface area contributed by atoms with Crippen LogP contribution in [0.4, 0.5) is 5.69 Å². The van der Waals surface area contributed by atoms with Gasteiger partial charge in [-0.3, -0.25) is 9.59 Å². The Morgan fingerprint density at radius 3 is 2.48 bits per heavy atom. The molecule has 0 saturated carbocycles. The summed E-state index contributed by atoms with van der Waals surface area (Å²) in [4.78, 5) is 27.5. The van der Waals surface area contributed by atoms with Gasteiger partial charge in [0.15, 0.2) is 0 Å². The fourth-order valence-electron chi connectivity index (χ4n) is 3.18. The molecule has 0 aliphatic carbocycles. The van der Waals surface area contributed by atoms with Crippen molar-refractivity contribution in [3.8, 4) is 0 Å². The number of aryl methyl sites for hydroxylation is 1. The number of amides is 2. The normalized spacial score (nSPS) is 13.9. The molecule has 2 amide bonds. The van der Waals surface area contributed by atoms with Gasteiger partial charge < -0.3 is 10.2 Å². The maximum absolute atomic E-state index is 13.1. The summed E-state index contributed by atoms with van der Waals surface area (Å²) in [6.45, 7) is 4.48. The molecule has 0 unspecified atom stereocenters. The lowest BCUT2D eigenvalue weighted by atomic mass is 9.88. The molecule has 2 aromatic carbocycles. The fraction of sp³-hybridized carbons (Fsp3) is 0.333. The van der Waals surface area contributed by atoms with Gasteiger partial charge in [-0.1, -0.05) is 48.5 Å². The average molecular weight is 336 g/mol. The van der Waals surface area contributed by atoms with E-state index in [0.29, 0.717) is 13.1 Å². The number of anilines is 1. The summed E-state index contributed by atoms with van der Waals surface area (Å²) >= 11 is 0. The number of hydrogen-bond donors (Lipinski definition) is 1. The van der Waals surface area contributed by atoms with Gasteiger partial charge in [0.25, 0.3) is 0 Å². The summed E-state index contributed by atoms with van der Waals surface area (Å²) in [7, 11) is 0. The predicted molar refractivity (Wildman–Crippen MR) is 99.2 cm³/mol. The molecule has 4 heteroatoms. The van der Waals surface area contributed by atoms with E-state index in [1.807, 2.05) is 48.5 Å². The Labute approximate surface area is 148 Å². The van der Waals surface area contributed by atoms with Crippen molar-refractivity contribution in [1.29, 1.82) is 0 Å². The zero-order valence-electron chi connectivity index (χ0n) is 14.8. The smallest absolute Gasteiger partial charge is 0.242 e. The quantitative estimate of drug-likeness (QED) is 0.871. The minimum Gasteiger partial charge on any atom is -0.351 e. The molecule has 130 valence electrons. The van der Waals surface area contributed by atoms with Gasteiger partial charge >= 0.3 is 0 Å². The summed E-state index contributed by atoms with van der Waals surface area (Å²) in [5, 5.41) is 2.90.